The van der Waals surface area contributed by atoms with Crippen LogP contribution in [0.2, 0.25) is 0 Å². The van der Waals surface area contributed by atoms with Crippen molar-refractivity contribution >= 4 is 11.3 Å². The number of hydrogen-bond donors (Lipinski definition) is 1. The summed E-state index contributed by atoms with van der Waals surface area (Å²) in [5.41, 5.74) is 1.80. The van der Waals surface area contributed by atoms with Crippen LogP contribution in [0.3, 0.4) is 0 Å². The molecule has 3 rings (SSSR count). The van der Waals surface area contributed by atoms with Crippen LogP contribution < -0.4 is 4.74 Å². The van der Waals surface area contributed by atoms with E-state index in [-0.39, 0.29) is 18.3 Å². The van der Waals surface area contributed by atoms with Crippen molar-refractivity contribution < 1.29 is 14.6 Å². The zero-order valence-corrected chi connectivity index (χ0v) is 15.2. The normalized spacial score (nSPS) is 20.9. The number of aliphatic hydroxyl groups is 1. The third-order valence-electron chi connectivity index (χ3n) is 4.03. The van der Waals surface area contributed by atoms with Gasteiger partial charge in [-0.25, -0.2) is 4.98 Å². The van der Waals surface area contributed by atoms with Gasteiger partial charge in [-0.15, -0.1) is 11.3 Å². The predicted molar refractivity (Wildman–Crippen MR) is 95.4 cm³/mol. The molecule has 1 aromatic carbocycles. The summed E-state index contributed by atoms with van der Waals surface area (Å²) in [6, 6.07) is 7.94. The van der Waals surface area contributed by atoms with Gasteiger partial charge < -0.3 is 14.6 Å². The molecular weight excluding hydrogens is 324 g/mol. The van der Waals surface area contributed by atoms with Crippen LogP contribution in [0.15, 0.2) is 29.6 Å². The Hall–Kier alpha value is -1.47. The zero-order chi connectivity index (χ0) is 17.2. The number of methoxy groups -OCH3 is 1. The maximum Gasteiger partial charge on any atom is 0.129 e. The van der Waals surface area contributed by atoms with Crippen molar-refractivity contribution in [2.75, 3.05) is 26.8 Å². The molecule has 2 aromatic rings. The largest absolute Gasteiger partial charge is 0.496 e. The van der Waals surface area contributed by atoms with Gasteiger partial charge in [-0.1, -0.05) is 12.1 Å². The Morgan fingerprint density at radius 3 is 2.96 bits per heavy atom. The molecule has 24 heavy (non-hydrogen) atoms. The highest BCUT2D eigenvalue weighted by Crippen LogP contribution is 2.32. The number of aromatic nitrogens is 1. The second-order valence-corrected chi connectivity index (χ2v) is 7.55. The van der Waals surface area contributed by atoms with Gasteiger partial charge in [-0.2, -0.15) is 0 Å². The highest BCUT2D eigenvalue weighted by atomic mass is 32.1. The molecule has 5 nitrogen and oxygen atoms in total. The first-order valence-corrected chi connectivity index (χ1v) is 8.97. The van der Waals surface area contributed by atoms with E-state index in [0.717, 1.165) is 41.6 Å². The van der Waals surface area contributed by atoms with Crippen molar-refractivity contribution in [3.63, 3.8) is 0 Å². The fourth-order valence-corrected chi connectivity index (χ4v) is 4.03. The number of ether oxygens (including phenoxy) is 2. The molecule has 0 saturated carbocycles. The molecule has 0 aliphatic carbocycles. The van der Waals surface area contributed by atoms with Gasteiger partial charge in [0.25, 0.3) is 0 Å². The Morgan fingerprint density at radius 1 is 1.42 bits per heavy atom. The SMILES string of the molecule is COc1ccccc1-c1nc(CN2CC(CO)OC(C)(C)C2)cs1. The van der Waals surface area contributed by atoms with Gasteiger partial charge >= 0.3 is 0 Å². The molecule has 0 bridgehead atoms. The van der Waals surface area contributed by atoms with E-state index in [2.05, 4.69) is 24.1 Å². The summed E-state index contributed by atoms with van der Waals surface area (Å²) in [6.07, 6.45) is -0.138. The van der Waals surface area contributed by atoms with Gasteiger partial charge in [0, 0.05) is 25.0 Å². The van der Waals surface area contributed by atoms with Crippen LogP contribution >= 0.6 is 11.3 Å². The summed E-state index contributed by atoms with van der Waals surface area (Å²) in [4.78, 5) is 7.07. The average molecular weight is 348 g/mol. The molecule has 0 amide bonds. The first-order valence-electron chi connectivity index (χ1n) is 8.09. The monoisotopic (exact) mass is 348 g/mol. The van der Waals surface area contributed by atoms with Gasteiger partial charge in [0.2, 0.25) is 0 Å². The van der Waals surface area contributed by atoms with Crippen LogP contribution in [0.5, 0.6) is 5.75 Å². The minimum atomic E-state index is -0.257. The van der Waals surface area contributed by atoms with Gasteiger partial charge in [0.1, 0.15) is 10.8 Å². The second-order valence-electron chi connectivity index (χ2n) is 6.70. The maximum atomic E-state index is 9.44. The number of thiazole rings is 1. The lowest BCUT2D eigenvalue weighted by atomic mass is 10.1. The molecule has 1 unspecified atom stereocenters. The molecule has 1 atom stereocenters. The van der Waals surface area contributed by atoms with E-state index >= 15 is 0 Å². The maximum absolute atomic E-state index is 9.44. The lowest BCUT2D eigenvalue weighted by Crippen LogP contribution is -2.53. The van der Waals surface area contributed by atoms with Crippen molar-refractivity contribution in [3.8, 4) is 16.3 Å². The summed E-state index contributed by atoms with van der Waals surface area (Å²) < 4.78 is 11.3. The van der Waals surface area contributed by atoms with E-state index in [1.807, 2.05) is 24.3 Å². The van der Waals surface area contributed by atoms with E-state index in [4.69, 9.17) is 14.5 Å². The minimum absolute atomic E-state index is 0.0451. The molecule has 1 saturated heterocycles. The van der Waals surface area contributed by atoms with Crippen LogP contribution in [-0.4, -0.2) is 53.5 Å². The molecule has 0 radical (unpaired) electrons. The predicted octanol–water partition coefficient (Wildman–Crippen LogP) is 2.79. The second kappa shape index (κ2) is 7.19. The van der Waals surface area contributed by atoms with Crippen LogP contribution in [-0.2, 0) is 11.3 Å². The number of rotatable bonds is 5. The van der Waals surface area contributed by atoms with Crippen molar-refractivity contribution in [1.82, 2.24) is 9.88 Å². The quantitative estimate of drug-likeness (QED) is 0.900. The lowest BCUT2D eigenvalue weighted by molar-refractivity contribution is -0.150. The fourth-order valence-electron chi connectivity index (χ4n) is 3.19. The number of morpholine rings is 1. The van der Waals surface area contributed by atoms with E-state index in [9.17, 15) is 5.11 Å². The average Bonchev–Trinajstić information content (AvgIpc) is 3.01. The molecule has 0 spiro atoms. The molecule has 1 aliphatic rings. The van der Waals surface area contributed by atoms with Crippen LogP contribution in [0.25, 0.3) is 10.6 Å². The highest BCUT2D eigenvalue weighted by Gasteiger charge is 2.33. The zero-order valence-electron chi connectivity index (χ0n) is 14.4. The Bertz CT molecular complexity index is 686. The topological polar surface area (TPSA) is 54.8 Å². The van der Waals surface area contributed by atoms with Crippen molar-refractivity contribution in [2.24, 2.45) is 0 Å². The number of aliphatic hydroxyl groups excluding tert-OH is 1. The first-order chi connectivity index (χ1) is 11.5. The molecule has 130 valence electrons. The summed E-state index contributed by atoms with van der Waals surface area (Å²) in [5.74, 6) is 0.839. The smallest absolute Gasteiger partial charge is 0.129 e. The Labute approximate surface area is 146 Å². The molecule has 6 heteroatoms. The molecule has 1 aromatic heterocycles. The number of para-hydroxylation sites is 1. The van der Waals surface area contributed by atoms with Gasteiger partial charge in [0.15, 0.2) is 0 Å². The molecule has 1 aliphatic heterocycles. The minimum Gasteiger partial charge on any atom is -0.496 e. The van der Waals surface area contributed by atoms with Gasteiger partial charge in [-0.3, -0.25) is 4.90 Å². The summed E-state index contributed by atoms with van der Waals surface area (Å²) in [6.45, 7) is 6.47. The Morgan fingerprint density at radius 2 is 2.21 bits per heavy atom. The van der Waals surface area contributed by atoms with Crippen LogP contribution in [0, 0.1) is 0 Å². The van der Waals surface area contributed by atoms with Crippen LogP contribution in [0.1, 0.15) is 19.5 Å². The van der Waals surface area contributed by atoms with E-state index in [1.165, 1.54) is 0 Å². The van der Waals surface area contributed by atoms with Crippen molar-refractivity contribution in [1.29, 1.82) is 0 Å². The highest BCUT2D eigenvalue weighted by molar-refractivity contribution is 7.13. The molecule has 1 N–H and O–H groups in total. The fraction of sp³-hybridized carbons (Fsp3) is 0.500. The van der Waals surface area contributed by atoms with E-state index in [1.54, 1.807) is 18.4 Å². The van der Waals surface area contributed by atoms with Crippen molar-refractivity contribution in [2.45, 2.75) is 32.1 Å². The molecule has 2 heterocycles. The molecular formula is C18H24N2O3S. The summed E-state index contributed by atoms with van der Waals surface area (Å²) in [7, 11) is 1.68. The summed E-state index contributed by atoms with van der Waals surface area (Å²) in [5, 5.41) is 12.5. The summed E-state index contributed by atoms with van der Waals surface area (Å²) >= 11 is 1.63. The van der Waals surface area contributed by atoms with Gasteiger partial charge in [-0.05, 0) is 26.0 Å². The Kier molecular flexibility index (Phi) is 5.20. The standard InChI is InChI=1S/C18H24N2O3S/c1-18(2)12-20(9-14(10-21)23-18)8-13-11-24-17(19-13)15-6-4-5-7-16(15)22-3/h4-7,11,14,21H,8-10,12H2,1-3H3. The van der Waals surface area contributed by atoms with Gasteiger partial charge in [0.05, 0.1) is 36.7 Å². The molecule has 1 fully saturated rings. The third kappa shape index (κ3) is 3.95. The number of hydrogen-bond acceptors (Lipinski definition) is 6. The van der Waals surface area contributed by atoms with Crippen molar-refractivity contribution in [3.05, 3.63) is 35.3 Å². The third-order valence-corrected chi connectivity index (χ3v) is 4.95. The van der Waals surface area contributed by atoms with E-state index in [0.29, 0.717) is 0 Å². The van der Waals surface area contributed by atoms with Crippen LogP contribution in [0.4, 0.5) is 0 Å². The first kappa shape index (κ1) is 17.4. The number of nitrogens with zero attached hydrogens (tertiary/aromatic N) is 2. The number of benzene rings is 1. The lowest BCUT2D eigenvalue weighted by Gasteiger charge is -2.42. The van der Waals surface area contributed by atoms with E-state index < -0.39 is 0 Å². The Balaban J connectivity index is 1.74.